The van der Waals surface area contributed by atoms with E-state index in [0.29, 0.717) is 0 Å². The highest BCUT2D eigenvalue weighted by Crippen LogP contribution is 2.07. The van der Waals surface area contributed by atoms with E-state index in [1.807, 2.05) is 0 Å². The molecule has 2 N–H and O–H groups in total. The molecule has 0 amide bonds. The van der Waals surface area contributed by atoms with Crippen LogP contribution in [0.3, 0.4) is 0 Å². The Morgan fingerprint density at radius 1 is 1.10 bits per heavy atom. The van der Waals surface area contributed by atoms with Crippen LogP contribution in [0.25, 0.3) is 0 Å². The zero-order chi connectivity index (χ0) is 15.1. The van der Waals surface area contributed by atoms with E-state index in [4.69, 9.17) is 10.2 Å². The molecule has 20 heavy (non-hydrogen) atoms. The van der Waals surface area contributed by atoms with E-state index in [0.717, 1.165) is 6.67 Å². The third kappa shape index (κ3) is 4.64. The van der Waals surface area contributed by atoms with Gasteiger partial charge in [-0.3, -0.25) is 9.80 Å². The second kappa shape index (κ2) is 7.62. The first kappa shape index (κ1) is 16.1. The van der Waals surface area contributed by atoms with Crippen LogP contribution in [0, 0.1) is 0 Å². The lowest BCUT2D eigenvalue weighted by molar-refractivity contribution is 0.0651. The molecule has 1 aliphatic rings. The molecule has 1 heterocycles. The van der Waals surface area contributed by atoms with Crippen molar-refractivity contribution < 1.29 is 19.8 Å². The van der Waals surface area contributed by atoms with Crippen molar-refractivity contribution in [2.24, 2.45) is 0 Å². The number of hydrogen-bond donors (Lipinski definition) is 2. The van der Waals surface area contributed by atoms with E-state index in [-0.39, 0.29) is 11.1 Å². The van der Waals surface area contributed by atoms with E-state index in [9.17, 15) is 9.59 Å². The van der Waals surface area contributed by atoms with Crippen LogP contribution in [0.4, 0.5) is 0 Å². The van der Waals surface area contributed by atoms with Crippen molar-refractivity contribution in [2.45, 2.75) is 6.92 Å². The number of nitrogens with zero attached hydrogens (tertiary/aromatic N) is 2. The molecule has 0 radical (unpaired) electrons. The average Bonchev–Trinajstić information content (AvgIpc) is 2.85. The van der Waals surface area contributed by atoms with Crippen LogP contribution in [0.1, 0.15) is 27.6 Å². The first-order valence-corrected chi connectivity index (χ1v) is 6.42. The molecule has 0 saturated carbocycles. The van der Waals surface area contributed by atoms with Gasteiger partial charge in [0.1, 0.15) is 0 Å². The molecule has 0 spiro atoms. The van der Waals surface area contributed by atoms with Crippen molar-refractivity contribution in [3.63, 3.8) is 0 Å². The molecule has 2 rings (SSSR count). The Labute approximate surface area is 118 Å². The standard InChI is InChI=1S/C8H6O4.C6H14N2/c9-7(10)5-3-1-2-4-6(5)8(11)12;1-3-8-5-4-7(2)6-8/h1-4H,(H,9,10)(H,11,12);3-6H2,1-2H3. The predicted molar refractivity (Wildman–Crippen MR) is 75.1 cm³/mol. The van der Waals surface area contributed by atoms with Gasteiger partial charge in [-0.2, -0.15) is 0 Å². The fourth-order valence-electron chi connectivity index (χ4n) is 1.91. The quantitative estimate of drug-likeness (QED) is 0.868. The number of carboxylic acids is 2. The van der Waals surface area contributed by atoms with Crippen molar-refractivity contribution in [3.8, 4) is 0 Å². The first-order valence-electron chi connectivity index (χ1n) is 6.42. The minimum absolute atomic E-state index is 0.190. The van der Waals surface area contributed by atoms with E-state index < -0.39 is 11.9 Å². The van der Waals surface area contributed by atoms with Gasteiger partial charge in [-0.15, -0.1) is 0 Å². The van der Waals surface area contributed by atoms with Gasteiger partial charge in [0.05, 0.1) is 17.8 Å². The number of likely N-dealkylation sites (N-methyl/N-ethyl adjacent to an activating group) is 2. The highest BCUT2D eigenvalue weighted by molar-refractivity contribution is 6.01. The van der Waals surface area contributed by atoms with Gasteiger partial charge in [-0.25, -0.2) is 9.59 Å². The van der Waals surface area contributed by atoms with Crippen LogP contribution >= 0.6 is 0 Å². The van der Waals surface area contributed by atoms with Crippen LogP contribution in [0.5, 0.6) is 0 Å². The van der Waals surface area contributed by atoms with Gasteiger partial charge >= 0.3 is 11.9 Å². The number of carbonyl (C=O) groups is 2. The summed E-state index contributed by atoms with van der Waals surface area (Å²) in [5, 5.41) is 17.1. The lowest BCUT2D eigenvalue weighted by Crippen LogP contribution is -2.22. The Morgan fingerprint density at radius 2 is 1.60 bits per heavy atom. The summed E-state index contributed by atoms with van der Waals surface area (Å²) in [5.74, 6) is -2.46. The summed E-state index contributed by atoms with van der Waals surface area (Å²) in [6.45, 7) is 7.07. The molecule has 1 aliphatic heterocycles. The van der Waals surface area contributed by atoms with Crippen LogP contribution in [-0.4, -0.2) is 65.3 Å². The zero-order valence-electron chi connectivity index (χ0n) is 11.7. The number of benzene rings is 1. The second-order valence-corrected chi connectivity index (χ2v) is 4.59. The average molecular weight is 280 g/mol. The number of carboxylic acid groups (broad SMARTS) is 2. The van der Waals surface area contributed by atoms with Gasteiger partial charge in [0.25, 0.3) is 0 Å². The summed E-state index contributed by atoms with van der Waals surface area (Å²) >= 11 is 0. The summed E-state index contributed by atoms with van der Waals surface area (Å²) in [7, 11) is 2.16. The third-order valence-corrected chi connectivity index (χ3v) is 3.07. The molecular weight excluding hydrogens is 260 g/mol. The Morgan fingerprint density at radius 3 is 1.85 bits per heavy atom. The molecule has 0 aromatic heterocycles. The van der Waals surface area contributed by atoms with Crippen molar-refractivity contribution in [3.05, 3.63) is 35.4 Å². The molecule has 6 heteroatoms. The van der Waals surface area contributed by atoms with Gasteiger partial charge in [0.2, 0.25) is 0 Å². The normalized spacial score (nSPS) is 15.5. The SMILES string of the molecule is CCN1CCN(C)C1.O=C(O)c1ccccc1C(=O)O. The van der Waals surface area contributed by atoms with Crippen molar-refractivity contribution >= 4 is 11.9 Å². The predicted octanol–water partition coefficient (Wildman–Crippen LogP) is 1.29. The maximum absolute atomic E-state index is 10.5. The molecule has 0 unspecified atom stereocenters. The molecule has 110 valence electrons. The van der Waals surface area contributed by atoms with Crippen LogP contribution in [0.2, 0.25) is 0 Å². The van der Waals surface area contributed by atoms with Gasteiger partial charge < -0.3 is 10.2 Å². The first-order chi connectivity index (χ1) is 9.45. The fourth-order valence-corrected chi connectivity index (χ4v) is 1.91. The summed E-state index contributed by atoms with van der Waals surface area (Å²) in [4.78, 5) is 25.7. The summed E-state index contributed by atoms with van der Waals surface area (Å²) < 4.78 is 0. The topological polar surface area (TPSA) is 81.1 Å². The molecule has 0 bridgehead atoms. The van der Waals surface area contributed by atoms with E-state index in [2.05, 4.69) is 23.8 Å². The lowest BCUT2D eigenvalue weighted by Gasteiger charge is -2.10. The maximum Gasteiger partial charge on any atom is 0.336 e. The minimum atomic E-state index is -1.23. The van der Waals surface area contributed by atoms with Crippen molar-refractivity contribution in [2.75, 3.05) is 33.4 Å². The van der Waals surface area contributed by atoms with Crippen LogP contribution in [0.15, 0.2) is 24.3 Å². The Bertz CT molecular complexity index is 443. The van der Waals surface area contributed by atoms with Crippen molar-refractivity contribution in [1.82, 2.24) is 9.80 Å². The lowest BCUT2D eigenvalue weighted by atomic mass is 10.1. The maximum atomic E-state index is 10.5. The molecular formula is C14H20N2O4. The number of hydrogen-bond acceptors (Lipinski definition) is 4. The fraction of sp³-hybridized carbons (Fsp3) is 0.429. The van der Waals surface area contributed by atoms with Gasteiger partial charge in [-0.05, 0) is 25.7 Å². The number of aromatic carboxylic acids is 2. The smallest absolute Gasteiger partial charge is 0.336 e. The minimum Gasteiger partial charge on any atom is -0.478 e. The van der Waals surface area contributed by atoms with E-state index in [1.54, 1.807) is 0 Å². The summed E-state index contributed by atoms with van der Waals surface area (Å²) in [5.41, 5.74) is -0.380. The van der Waals surface area contributed by atoms with Gasteiger partial charge in [-0.1, -0.05) is 19.1 Å². The molecule has 1 saturated heterocycles. The van der Waals surface area contributed by atoms with Gasteiger partial charge in [0.15, 0.2) is 0 Å². The highest BCUT2D eigenvalue weighted by atomic mass is 16.4. The van der Waals surface area contributed by atoms with Gasteiger partial charge in [0, 0.05) is 13.1 Å². The second-order valence-electron chi connectivity index (χ2n) is 4.59. The Hall–Kier alpha value is -1.92. The molecule has 6 nitrogen and oxygen atoms in total. The summed E-state index contributed by atoms with van der Waals surface area (Å²) in [6, 6.07) is 5.48. The largest absolute Gasteiger partial charge is 0.478 e. The van der Waals surface area contributed by atoms with Crippen LogP contribution in [-0.2, 0) is 0 Å². The van der Waals surface area contributed by atoms with E-state index >= 15 is 0 Å². The third-order valence-electron chi connectivity index (χ3n) is 3.07. The molecule has 1 aromatic rings. The zero-order valence-corrected chi connectivity index (χ0v) is 11.7. The van der Waals surface area contributed by atoms with Crippen LogP contribution < -0.4 is 0 Å². The van der Waals surface area contributed by atoms with Crippen molar-refractivity contribution in [1.29, 1.82) is 0 Å². The van der Waals surface area contributed by atoms with E-state index in [1.165, 1.54) is 43.9 Å². The molecule has 1 fully saturated rings. The monoisotopic (exact) mass is 280 g/mol. The highest BCUT2D eigenvalue weighted by Gasteiger charge is 2.14. The molecule has 0 atom stereocenters. The summed E-state index contributed by atoms with van der Waals surface area (Å²) in [6.07, 6.45) is 0. The molecule has 1 aromatic carbocycles. The Balaban J connectivity index is 0.000000217. The Kier molecular flexibility index (Phi) is 6.14. The number of rotatable bonds is 3. The molecule has 0 aliphatic carbocycles.